The summed E-state index contributed by atoms with van der Waals surface area (Å²) in [6.07, 6.45) is 1.41. The van der Waals surface area contributed by atoms with Crippen LogP contribution >= 0.6 is 15.9 Å². The van der Waals surface area contributed by atoms with Crippen LogP contribution in [0.25, 0.3) is 6.08 Å². The number of ether oxygens (including phenoxy) is 3. The number of aliphatic carboxylic acids is 1. The van der Waals surface area contributed by atoms with Crippen LogP contribution in [0.3, 0.4) is 0 Å². The molecule has 0 bridgehead atoms. The van der Waals surface area contributed by atoms with Gasteiger partial charge < -0.3 is 30.0 Å². The number of rotatable bonds is 10. The molecule has 0 saturated carbocycles. The largest absolute Gasteiger partial charge is 0.495 e. The molecule has 2 aromatic carbocycles. The Morgan fingerprint density at radius 2 is 1.91 bits per heavy atom. The molecule has 0 atom stereocenters. The zero-order valence-corrected chi connectivity index (χ0v) is 20.4. The van der Waals surface area contributed by atoms with Crippen molar-refractivity contribution in [2.75, 3.05) is 32.2 Å². The van der Waals surface area contributed by atoms with Gasteiger partial charge in [-0.05, 0) is 58.8 Å². The Balaban J connectivity index is 1.77. The maximum absolute atomic E-state index is 12.8. The fourth-order valence-electron chi connectivity index (χ4n) is 3.17. The lowest BCUT2D eigenvalue weighted by atomic mass is 10.1. The number of benzene rings is 2. The number of nitrogens with one attached hydrogen (secondary N) is 2. The molecule has 0 spiro atoms. The van der Waals surface area contributed by atoms with Crippen LogP contribution in [-0.2, 0) is 14.4 Å². The Morgan fingerprint density at radius 3 is 2.60 bits per heavy atom. The summed E-state index contributed by atoms with van der Waals surface area (Å²) in [6.45, 7) is 0.949. The number of amides is 4. The van der Waals surface area contributed by atoms with Crippen molar-refractivity contribution < 1.29 is 38.5 Å². The lowest BCUT2D eigenvalue weighted by Gasteiger charge is -2.14. The van der Waals surface area contributed by atoms with Gasteiger partial charge in [-0.25, -0.2) is 14.5 Å². The van der Waals surface area contributed by atoms with Crippen molar-refractivity contribution in [1.29, 1.82) is 0 Å². The molecule has 4 amide bonds. The van der Waals surface area contributed by atoms with E-state index in [1.54, 1.807) is 37.3 Å². The Bertz CT molecular complexity index is 1200. The molecule has 3 rings (SSSR count). The van der Waals surface area contributed by atoms with E-state index in [1.165, 1.54) is 19.3 Å². The molecular formula is C23H22BrN3O8. The van der Waals surface area contributed by atoms with E-state index in [0.29, 0.717) is 21.5 Å². The van der Waals surface area contributed by atoms with Crippen LogP contribution in [0, 0.1) is 0 Å². The molecule has 12 heteroatoms. The maximum atomic E-state index is 12.8. The second-order valence-electron chi connectivity index (χ2n) is 7.07. The van der Waals surface area contributed by atoms with Crippen LogP contribution in [-0.4, -0.2) is 60.7 Å². The molecule has 3 N–H and O–H groups in total. The Labute approximate surface area is 208 Å². The monoisotopic (exact) mass is 547 g/mol. The Morgan fingerprint density at radius 1 is 1.17 bits per heavy atom. The van der Waals surface area contributed by atoms with Crippen molar-refractivity contribution in [3.8, 4) is 17.2 Å². The summed E-state index contributed by atoms with van der Waals surface area (Å²) < 4.78 is 16.4. The van der Waals surface area contributed by atoms with Gasteiger partial charge in [-0.2, -0.15) is 0 Å². The molecule has 11 nitrogen and oxygen atoms in total. The summed E-state index contributed by atoms with van der Waals surface area (Å²) in [5.41, 5.74) is 0.821. The second-order valence-corrected chi connectivity index (χ2v) is 7.93. The molecule has 0 aromatic heterocycles. The third kappa shape index (κ3) is 6.29. The van der Waals surface area contributed by atoms with Gasteiger partial charge >= 0.3 is 12.0 Å². The molecule has 1 fully saturated rings. The number of carbonyl (C=O) groups excluding carboxylic acids is 3. The minimum Gasteiger partial charge on any atom is -0.495 e. The van der Waals surface area contributed by atoms with Crippen molar-refractivity contribution in [1.82, 2.24) is 10.2 Å². The highest BCUT2D eigenvalue weighted by atomic mass is 79.9. The summed E-state index contributed by atoms with van der Waals surface area (Å²) in [7, 11) is 1.46. The van der Waals surface area contributed by atoms with Gasteiger partial charge in [-0.1, -0.05) is 12.1 Å². The number of carboxylic acid groups (broad SMARTS) is 1. The molecule has 1 aliphatic heterocycles. The molecule has 2 aromatic rings. The molecule has 0 unspecified atom stereocenters. The van der Waals surface area contributed by atoms with Gasteiger partial charge in [0, 0.05) is 0 Å². The highest BCUT2D eigenvalue weighted by Crippen LogP contribution is 2.37. The van der Waals surface area contributed by atoms with E-state index < -0.39 is 37.0 Å². The standard InChI is InChI=1S/C23H22BrN3O8/c1-3-34-18-10-13(8-14(24)21(18)35-12-20(29)30)9-16-22(31)27(23(32)26-16)11-19(28)25-15-6-4-5-7-17(15)33-2/h4-10H,3,11-12H2,1-2H3,(H,25,28)(H,26,32)(H,29,30). The lowest BCUT2D eigenvalue weighted by Crippen LogP contribution is -2.38. The number of hydrogen-bond acceptors (Lipinski definition) is 7. The number of hydrogen-bond donors (Lipinski definition) is 3. The lowest BCUT2D eigenvalue weighted by molar-refractivity contribution is -0.139. The van der Waals surface area contributed by atoms with Gasteiger partial charge in [0.05, 0.1) is 23.9 Å². The molecular weight excluding hydrogens is 526 g/mol. The number of methoxy groups -OCH3 is 1. The van der Waals surface area contributed by atoms with Crippen LogP contribution in [0.2, 0.25) is 0 Å². The van der Waals surface area contributed by atoms with Crippen LogP contribution in [0.15, 0.2) is 46.6 Å². The van der Waals surface area contributed by atoms with Gasteiger partial charge in [-0.15, -0.1) is 0 Å². The van der Waals surface area contributed by atoms with Gasteiger partial charge in [0.25, 0.3) is 5.91 Å². The number of carboxylic acids is 1. The minimum absolute atomic E-state index is 0.0476. The fraction of sp³-hybridized carbons (Fsp3) is 0.217. The topological polar surface area (TPSA) is 144 Å². The Kier molecular flexibility index (Phi) is 8.31. The third-order valence-electron chi connectivity index (χ3n) is 4.63. The quantitative estimate of drug-likeness (QED) is 0.304. The van der Waals surface area contributed by atoms with Crippen molar-refractivity contribution in [2.24, 2.45) is 0 Å². The van der Waals surface area contributed by atoms with E-state index in [0.717, 1.165) is 4.90 Å². The number of carbonyl (C=O) groups is 4. The molecule has 0 aliphatic carbocycles. The maximum Gasteiger partial charge on any atom is 0.341 e. The number of halogens is 1. The average Bonchev–Trinajstić information content (AvgIpc) is 3.06. The van der Waals surface area contributed by atoms with Crippen LogP contribution < -0.4 is 24.8 Å². The van der Waals surface area contributed by atoms with Crippen molar-refractivity contribution in [2.45, 2.75) is 6.92 Å². The first-order valence-electron chi connectivity index (χ1n) is 10.3. The summed E-state index contributed by atoms with van der Waals surface area (Å²) in [4.78, 5) is 49.3. The first-order chi connectivity index (χ1) is 16.7. The number of imide groups is 1. The fourth-order valence-corrected chi connectivity index (χ4v) is 3.75. The van der Waals surface area contributed by atoms with Gasteiger partial charge in [0.2, 0.25) is 5.91 Å². The van der Waals surface area contributed by atoms with Gasteiger partial charge in [0.15, 0.2) is 18.1 Å². The number of anilines is 1. The van der Waals surface area contributed by atoms with Crippen molar-refractivity contribution in [3.05, 3.63) is 52.1 Å². The summed E-state index contributed by atoms with van der Waals surface area (Å²) in [5, 5.41) is 13.9. The van der Waals surface area contributed by atoms with E-state index in [9.17, 15) is 19.2 Å². The number of urea groups is 1. The molecule has 184 valence electrons. The van der Waals surface area contributed by atoms with E-state index in [2.05, 4.69) is 26.6 Å². The highest BCUT2D eigenvalue weighted by Gasteiger charge is 2.35. The third-order valence-corrected chi connectivity index (χ3v) is 5.22. The van der Waals surface area contributed by atoms with Crippen LogP contribution in [0.4, 0.5) is 10.5 Å². The molecule has 1 saturated heterocycles. The number of para-hydroxylation sites is 2. The van der Waals surface area contributed by atoms with E-state index in [1.807, 2.05) is 0 Å². The first-order valence-corrected chi connectivity index (χ1v) is 11.1. The second kappa shape index (κ2) is 11.4. The highest BCUT2D eigenvalue weighted by molar-refractivity contribution is 9.10. The van der Waals surface area contributed by atoms with Crippen LogP contribution in [0.5, 0.6) is 17.2 Å². The average molecular weight is 548 g/mol. The summed E-state index contributed by atoms with van der Waals surface area (Å²) in [6, 6.07) is 9.10. The predicted molar refractivity (Wildman–Crippen MR) is 128 cm³/mol. The number of nitrogens with zero attached hydrogens (tertiary/aromatic N) is 1. The molecule has 35 heavy (non-hydrogen) atoms. The zero-order chi connectivity index (χ0) is 25.5. The Hall–Kier alpha value is -4.06. The molecule has 1 aliphatic rings. The minimum atomic E-state index is -1.15. The molecule has 0 radical (unpaired) electrons. The predicted octanol–water partition coefficient (Wildman–Crippen LogP) is 2.85. The smallest absolute Gasteiger partial charge is 0.341 e. The molecule has 1 heterocycles. The van der Waals surface area contributed by atoms with E-state index >= 15 is 0 Å². The first kappa shape index (κ1) is 25.6. The zero-order valence-electron chi connectivity index (χ0n) is 18.8. The summed E-state index contributed by atoms with van der Waals surface area (Å²) >= 11 is 3.31. The summed E-state index contributed by atoms with van der Waals surface area (Å²) in [5.74, 6) is -1.55. The van der Waals surface area contributed by atoms with Gasteiger partial charge in [-0.3, -0.25) is 9.59 Å². The van der Waals surface area contributed by atoms with Crippen LogP contribution in [0.1, 0.15) is 12.5 Å². The van der Waals surface area contributed by atoms with Crippen molar-refractivity contribution >= 4 is 51.5 Å². The van der Waals surface area contributed by atoms with Crippen molar-refractivity contribution in [3.63, 3.8) is 0 Å². The van der Waals surface area contributed by atoms with Gasteiger partial charge in [0.1, 0.15) is 18.0 Å². The van der Waals surface area contributed by atoms with E-state index in [4.69, 9.17) is 19.3 Å². The van der Waals surface area contributed by atoms with E-state index in [-0.39, 0.29) is 23.8 Å². The SMILES string of the molecule is CCOc1cc(C=C2NC(=O)N(CC(=O)Nc3ccccc3OC)C2=O)cc(Br)c1OCC(=O)O. The normalized spacial score (nSPS) is 14.0.